The smallest absolute Gasteiger partial charge is 0.305 e. The summed E-state index contributed by atoms with van der Waals surface area (Å²) in [7, 11) is 0. The van der Waals surface area contributed by atoms with E-state index >= 15 is 0 Å². The van der Waals surface area contributed by atoms with Gasteiger partial charge < -0.3 is 15.7 Å². The van der Waals surface area contributed by atoms with Gasteiger partial charge in [0.15, 0.2) is 0 Å². The van der Waals surface area contributed by atoms with E-state index in [4.69, 9.17) is 10.8 Å². The van der Waals surface area contributed by atoms with E-state index in [2.05, 4.69) is 0 Å². The number of hydrogen-bond acceptors (Lipinski definition) is 3. The second-order valence-electron chi connectivity index (χ2n) is 3.95. The number of carboxylic acid groups (broad SMARTS) is 1. The Morgan fingerprint density at radius 3 is 2.62 bits per heavy atom. The lowest BCUT2D eigenvalue weighted by Crippen LogP contribution is -2.37. The summed E-state index contributed by atoms with van der Waals surface area (Å²) >= 11 is 0. The summed E-state index contributed by atoms with van der Waals surface area (Å²) in [5.41, 5.74) is 5.68. The van der Waals surface area contributed by atoms with Crippen molar-refractivity contribution in [1.82, 2.24) is 4.90 Å². The predicted molar refractivity (Wildman–Crippen MR) is 59.7 cm³/mol. The van der Waals surface area contributed by atoms with Crippen LogP contribution in [0.4, 0.5) is 0 Å². The van der Waals surface area contributed by atoms with Crippen LogP contribution in [0.15, 0.2) is 12.2 Å². The normalized spacial score (nSPS) is 23.4. The number of rotatable bonds is 5. The molecule has 90 valence electrons. The van der Waals surface area contributed by atoms with Gasteiger partial charge in [-0.1, -0.05) is 12.2 Å². The summed E-state index contributed by atoms with van der Waals surface area (Å²) in [5.74, 6) is -1.08. The molecule has 1 amide bonds. The Kier molecular flexibility index (Phi) is 4.49. The topological polar surface area (TPSA) is 83.6 Å². The van der Waals surface area contributed by atoms with Crippen LogP contribution in [0, 0.1) is 5.92 Å². The molecule has 0 aliphatic heterocycles. The first-order chi connectivity index (χ1) is 7.54. The summed E-state index contributed by atoms with van der Waals surface area (Å²) in [6.07, 6.45) is 4.26. The molecular formula is C11H18N2O3. The van der Waals surface area contributed by atoms with Gasteiger partial charge in [-0.2, -0.15) is 0 Å². The minimum atomic E-state index is -0.884. The molecule has 0 radical (unpaired) electrons. The molecule has 0 saturated heterocycles. The van der Waals surface area contributed by atoms with Crippen LogP contribution in [0.1, 0.15) is 19.8 Å². The fourth-order valence-corrected chi connectivity index (χ4v) is 1.80. The highest BCUT2D eigenvalue weighted by Gasteiger charge is 2.26. The van der Waals surface area contributed by atoms with Gasteiger partial charge in [0.2, 0.25) is 5.91 Å². The third-order valence-corrected chi connectivity index (χ3v) is 2.72. The van der Waals surface area contributed by atoms with E-state index in [-0.39, 0.29) is 30.8 Å². The number of hydrogen-bond donors (Lipinski definition) is 2. The minimum Gasteiger partial charge on any atom is -0.481 e. The number of carbonyl (C=O) groups is 2. The number of nitrogens with two attached hydrogens (primary N) is 1. The molecule has 0 bridgehead atoms. The molecule has 0 heterocycles. The zero-order valence-corrected chi connectivity index (χ0v) is 9.43. The van der Waals surface area contributed by atoms with Crippen molar-refractivity contribution in [3.05, 3.63) is 12.2 Å². The zero-order valence-electron chi connectivity index (χ0n) is 9.43. The second-order valence-corrected chi connectivity index (χ2v) is 3.95. The summed E-state index contributed by atoms with van der Waals surface area (Å²) in [6.45, 7) is 2.65. The van der Waals surface area contributed by atoms with Gasteiger partial charge in [0.1, 0.15) is 0 Å². The van der Waals surface area contributed by atoms with Crippen molar-refractivity contribution in [1.29, 1.82) is 0 Å². The van der Waals surface area contributed by atoms with Crippen LogP contribution in [0.2, 0.25) is 0 Å². The quantitative estimate of drug-likeness (QED) is 0.656. The Balaban J connectivity index is 2.49. The first kappa shape index (κ1) is 12.7. The predicted octanol–water partition coefficient (Wildman–Crippen LogP) is 0.213. The van der Waals surface area contributed by atoms with Crippen LogP contribution >= 0.6 is 0 Å². The van der Waals surface area contributed by atoms with Crippen molar-refractivity contribution >= 4 is 11.9 Å². The van der Waals surface area contributed by atoms with Crippen molar-refractivity contribution < 1.29 is 14.7 Å². The standard InChI is InChI=1S/C11H18N2O3/c1-2-13(6-5-10(14)15)11(16)8-3-4-9(12)7-8/h3-4,8-9H,2,5-7,12H2,1H3,(H,14,15). The van der Waals surface area contributed by atoms with E-state index in [0.29, 0.717) is 13.0 Å². The molecule has 1 aliphatic carbocycles. The minimum absolute atomic E-state index is 0.0118. The van der Waals surface area contributed by atoms with Crippen LogP contribution in [0.5, 0.6) is 0 Å². The Hall–Kier alpha value is -1.36. The average molecular weight is 226 g/mol. The number of carbonyl (C=O) groups excluding carboxylic acids is 1. The van der Waals surface area contributed by atoms with Crippen molar-refractivity contribution in [3.8, 4) is 0 Å². The van der Waals surface area contributed by atoms with Gasteiger partial charge in [-0.3, -0.25) is 9.59 Å². The monoisotopic (exact) mass is 226 g/mol. The fraction of sp³-hybridized carbons (Fsp3) is 0.636. The molecule has 0 aromatic rings. The van der Waals surface area contributed by atoms with Gasteiger partial charge in [0, 0.05) is 19.1 Å². The molecule has 0 fully saturated rings. The molecule has 0 aromatic heterocycles. The Morgan fingerprint density at radius 1 is 1.50 bits per heavy atom. The lowest BCUT2D eigenvalue weighted by atomic mass is 10.1. The van der Waals surface area contributed by atoms with Crippen LogP contribution in [-0.2, 0) is 9.59 Å². The fourth-order valence-electron chi connectivity index (χ4n) is 1.80. The lowest BCUT2D eigenvalue weighted by molar-refractivity contribution is -0.139. The molecule has 2 atom stereocenters. The maximum Gasteiger partial charge on any atom is 0.305 e. The van der Waals surface area contributed by atoms with E-state index in [1.807, 2.05) is 19.1 Å². The molecule has 0 aromatic carbocycles. The summed E-state index contributed by atoms with van der Waals surface area (Å²) < 4.78 is 0. The van der Waals surface area contributed by atoms with Crippen molar-refractivity contribution in [3.63, 3.8) is 0 Å². The van der Waals surface area contributed by atoms with Crippen LogP contribution in [0.3, 0.4) is 0 Å². The molecule has 2 unspecified atom stereocenters. The average Bonchev–Trinajstić information content (AvgIpc) is 2.65. The van der Waals surface area contributed by atoms with Gasteiger partial charge in [-0.05, 0) is 13.3 Å². The first-order valence-corrected chi connectivity index (χ1v) is 5.49. The number of nitrogens with zero attached hydrogens (tertiary/aromatic N) is 1. The third-order valence-electron chi connectivity index (χ3n) is 2.72. The molecule has 16 heavy (non-hydrogen) atoms. The maximum absolute atomic E-state index is 12.0. The van der Waals surface area contributed by atoms with Gasteiger partial charge in [0.05, 0.1) is 12.3 Å². The maximum atomic E-state index is 12.0. The van der Waals surface area contributed by atoms with E-state index in [1.165, 1.54) is 0 Å². The van der Waals surface area contributed by atoms with Crippen LogP contribution < -0.4 is 5.73 Å². The highest BCUT2D eigenvalue weighted by molar-refractivity contribution is 5.81. The molecule has 1 rings (SSSR count). The second kappa shape index (κ2) is 5.65. The number of aliphatic carboxylic acids is 1. The molecule has 5 nitrogen and oxygen atoms in total. The molecule has 0 saturated carbocycles. The Bertz CT molecular complexity index is 302. The van der Waals surface area contributed by atoms with Gasteiger partial charge in [-0.25, -0.2) is 0 Å². The highest BCUT2D eigenvalue weighted by atomic mass is 16.4. The molecular weight excluding hydrogens is 208 g/mol. The van der Waals surface area contributed by atoms with Crippen molar-refractivity contribution in [2.45, 2.75) is 25.8 Å². The number of carboxylic acids is 1. The van der Waals surface area contributed by atoms with Gasteiger partial charge >= 0.3 is 5.97 Å². The summed E-state index contributed by atoms with van der Waals surface area (Å²) in [6, 6.07) is -0.0490. The van der Waals surface area contributed by atoms with Crippen molar-refractivity contribution in [2.24, 2.45) is 11.7 Å². The highest BCUT2D eigenvalue weighted by Crippen LogP contribution is 2.19. The van der Waals surface area contributed by atoms with E-state index < -0.39 is 5.97 Å². The summed E-state index contributed by atoms with van der Waals surface area (Å²) in [5, 5.41) is 8.58. The van der Waals surface area contributed by atoms with Crippen LogP contribution in [0.25, 0.3) is 0 Å². The largest absolute Gasteiger partial charge is 0.481 e. The van der Waals surface area contributed by atoms with Gasteiger partial charge in [-0.15, -0.1) is 0 Å². The lowest BCUT2D eigenvalue weighted by Gasteiger charge is -2.23. The third kappa shape index (κ3) is 3.34. The molecule has 5 heteroatoms. The first-order valence-electron chi connectivity index (χ1n) is 5.49. The number of amides is 1. The summed E-state index contributed by atoms with van der Waals surface area (Å²) in [4.78, 5) is 24.0. The van der Waals surface area contributed by atoms with Gasteiger partial charge in [0.25, 0.3) is 0 Å². The Labute approximate surface area is 94.9 Å². The SMILES string of the molecule is CCN(CCC(=O)O)C(=O)C1C=CC(N)C1. The van der Waals surface area contributed by atoms with Crippen molar-refractivity contribution in [2.75, 3.05) is 13.1 Å². The van der Waals surface area contributed by atoms with E-state index in [9.17, 15) is 9.59 Å². The Morgan fingerprint density at radius 2 is 2.19 bits per heavy atom. The molecule has 1 aliphatic rings. The molecule has 0 spiro atoms. The molecule has 3 N–H and O–H groups in total. The van der Waals surface area contributed by atoms with E-state index in [1.54, 1.807) is 4.90 Å². The van der Waals surface area contributed by atoms with Crippen LogP contribution in [-0.4, -0.2) is 41.0 Å². The van der Waals surface area contributed by atoms with E-state index in [0.717, 1.165) is 0 Å². The zero-order chi connectivity index (χ0) is 12.1.